The number of hydrogen-bond donors (Lipinski definition) is 1. The molecule has 1 N–H and O–H groups in total. The van der Waals surface area contributed by atoms with Crippen molar-refractivity contribution < 1.29 is 24.2 Å². The molecule has 0 radical (unpaired) electrons. The lowest BCUT2D eigenvalue weighted by Crippen LogP contribution is -2.29. The molecular weight excluding hydrogens is 502 g/mol. The van der Waals surface area contributed by atoms with Gasteiger partial charge in [-0.1, -0.05) is 29.0 Å². The van der Waals surface area contributed by atoms with Crippen LogP contribution < -0.4 is 14.4 Å². The minimum atomic E-state index is -0.975. The first-order chi connectivity index (χ1) is 17.4. The fraction of sp³-hybridized carbons (Fsp3) is 0.154. The topological polar surface area (TPSA) is 102 Å². The van der Waals surface area contributed by atoms with Crippen molar-refractivity contribution in [1.29, 1.82) is 0 Å². The molecule has 4 heterocycles. The monoisotopic (exact) mass is 519 g/mol. The normalized spacial score (nSPS) is 18.7. The van der Waals surface area contributed by atoms with E-state index in [-0.39, 0.29) is 11.3 Å². The fourth-order valence-electron chi connectivity index (χ4n) is 4.33. The van der Waals surface area contributed by atoms with Crippen molar-refractivity contribution in [3.05, 3.63) is 82.1 Å². The van der Waals surface area contributed by atoms with Gasteiger partial charge in [-0.25, -0.2) is 4.98 Å². The molecule has 2 aliphatic rings. The van der Waals surface area contributed by atoms with Crippen LogP contribution in [0.2, 0.25) is 5.02 Å². The van der Waals surface area contributed by atoms with Crippen LogP contribution in [0.4, 0.5) is 5.13 Å². The van der Waals surface area contributed by atoms with Gasteiger partial charge in [0, 0.05) is 16.8 Å². The number of halogens is 1. The lowest BCUT2D eigenvalue weighted by molar-refractivity contribution is -0.132. The van der Waals surface area contributed by atoms with Crippen LogP contribution in [0.5, 0.6) is 11.5 Å². The number of hydrogen-bond acceptors (Lipinski definition) is 8. The molecule has 10 heteroatoms. The average Bonchev–Trinajstić information content (AvgIpc) is 3.41. The van der Waals surface area contributed by atoms with Crippen LogP contribution in [0.3, 0.4) is 0 Å². The number of aryl methyl sites for hydroxylation is 1. The standard InChI is InChI=1S/C26H18ClN3O5S/c1-13-10-20-17(12-15(13)27)29-26(36-20)30-22(16-4-2-3-7-28-16)21(24(32)25(30)33)23(31)14-5-6-18-19(11-14)35-9-8-34-18/h2-7,10-12,22,31H,8-9H2,1H3/b23-21+. The Labute approximate surface area is 214 Å². The van der Waals surface area contributed by atoms with Crippen molar-refractivity contribution >= 4 is 55.7 Å². The Kier molecular flexibility index (Phi) is 5.39. The number of carbonyl (C=O) groups is 2. The molecule has 2 aromatic carbocycles. The van der Waals surface area contributed by atoms with Crippen LogP contribution in [-0.4, -0.2) is 40.0 Å². The zero-order chi connectivity index (χ0) is 25.0. The number of nitrogens with zero attached hydrogens (tertiary/aromatic N) is 3. The summed E-state index contributed by atoms with van der Waals surface area (Å²) in [4.78, 5) is 37.0. The summed E-state index contributed by atoms with van der Waals surface area (Å²) in [5.41, 5.74) is 2.15. The lowest BCUT2D eigenvalue weighted by Gasteiger charge is -2.22. The van der Waals surface area contributed by atoms with Gasteiger partial charge in [-0.15, -0.1) is 0 Å². The van der Waals surface area contributed by atoms with E-state index < -0.39 is 17.7 Å². The van der Waals surface area contributed by atoms with Gasteiger partial charge >= 0.3 is 5.91 Å². The van der Waals surface area contributed by atoms with Crippen LogP contribution >= 0.6 is 22.9 Å². The van der Waals surface area contributed by atoms with Crippen molar-refractivity contribution in [2.24, 2.45) is 0 Å². The number of benzene rings is 2. The molecule has 8 nitrogen and oxygen atoms in total. The lowest BCUT2D eigenvalue weighted by atomic mass is 9.98. The summed E-state index contributed by atoms with van der Waals surface area (Å²) in [5.74, 6) is -0.961. The Bertz CT molecular complexity index is 1540. The molecule has 2 aromatic heterocycles. The van der Waals surface area contributed by atoms with E-state index >= 15 is 0 Å². The highest BCUT2D eigenvalue weighted by atomic mass is 35.5. The minimum Gasteiger partial charge on any atom is -0.507 e. The molecule has 2 aliphatic heterocycles. The summed E-state index contributed by atoms with van der Waals surface area (Å²) in [6.07, 6.45) is 1.57. The van der Waals surface area contributed by atoms with Gasteiger partial charge in [-0.05, 0) is 55.0 Å². The number of rotatable bonds is 3. The summed E-state index contributed by atoms with van der Waals surface area (Å²) in [5, 5.41) is 12.2. The predicted molar refractivity (Wildman–Crippen MR) is 136 cm³/mol. The number of aliphatic hydroxyl groups is 1. The second-order valence-electron chi connectivity index (χ2n) is 8.35. The quantitative estimate of drug-likeness (QED) is 0.229. The smallest absolute Gasteiger partial charge is 0.301 e. The molecule has 0 saturated carbocycles. The van der Waals surface area contributed by atoms with Crippen molar-refractivity contribution in [2.45, 2.75) is 13.0 Å². The first kappa shape index (κ1) is 22.5. The number of fused-ring (bicyclic) bond motifs is 2. The van der Waals surface area contributed by atoms with Gasteiger partial charge in [0.1, 0.15) is 25.0 Å². The minimum absolute atomic E-state index is 0.0798. The molecule has 180 valence electrons. The number of aliphatic hydroxyl groups excluding tert-OH is 1. The van der Waals surface area contributed by atoms with Gasteiger partial charge < -0.3 is 14.6 Å². The van der Waals surface area contributed by atoms with E-state index in [1.165, 1.54) is 16.2 Å². The Morgan fingerprint density at radius 2 is 1.92 bits per heavy atom. The molecule has 0 bridgehead atoms. The summed E-state index contributed by atoms with van der Waals surface area (Å²) in [6, 6.07) is 12.7. The zero-order valence-corrected chi connectivity index (χ0v) is 20.5. The maximum Gasteiger partial charge on any atom is 0.301 e. The predicted octanol–water partition coefficient (Wildman–Crippen LogP) is 5.05. The average molecular weight is 520 g/mol. The van der Waals surface area contributed by atoms with E-state index in [9.17, 15) is 14.7 Å². The highest BCUT2D eigenvalue weighted by molar-refractivity contribution is 7.22. The van der Waals surface area contributed by atoms with Crippen molar-refractivity contribution in [2.75, 3.05) is 18.1 Å². The van der Waals surface area contributed by atoms with E-state index in [0.29, 0.717) is 51.6 Å². The zero-order valence-electron chi connectivity index (χ0n) is 18.9. The molecule has 1 amide bonds. The van der Waals surface area contributed by atoms with E-state index in [4.69, 9.17) is 21.1 Å². The van der Waals surface area contributed by atoms with Gasteiger partial charge in [-0.3, -0.25) is 19.5 Å². The number of carbonyl (C=O) groups excluding carboxylic acids is 2. The Morgan fingerprint density at radius 3 is 2.69 bits per heavy atom. The van der Waals surface area contributed by atoms with Crippen molar-refractivity contribution in [3.8, 4) is 11.5 Å². The number of pyridine rings is 1. The SMILES string of the molecule is Cc1cc2sc(N3C(=O)C(=O)/C(=C(/O)c4ccc5c(c4)OCCO5)C3c3ccccn3)nc2cc1Cl. The first-order valence-electron chi connectivity index (χ1n) is 11.1. The van der Waals surface area contributed by atoms with Gasteiger partial charge in [0.2, 0.25) is 0 Å². The number of amides is 1. The highest BCUT2D eigenvalue weighted by Gasteiger charge is 2.49. The number of ether oxygens (including phenoxy) is 2. The number of thiazole rings is 1. The second-order valence-corrected chi connectivity index (χ2v) is 9.76. The second kappa shape index (κ2) is 8.61. The van der Waals surface area contributed by atoms with E-state index in [0.717, 1.165) is 10.3 Å². The number of ketones is 1. The molecule has 0 aliphatic carbocycles. The molecule has 1 unspecified atom stereocenters. The van der Waals surface area contributed by atoms with Crippen LogP contribution in [0.25, 0.3) is 16.0 Å². The summed E-state index contributed by atoms with van der Waals surface area (Å²) in [7, 11) is 0. The van der Waals surface area contributed by atoms with Crippen LogP contribution in [-0.2, 0) is 9.59 Å². The highest BCUT2D eigenvalue weighted by Crippen LogP contribution is 2.45. The van der Waals surface area contributed by atoms with E-state index in [1.54, 1.807) is 48.7 Å². The molecule has 36 heavy (non-hydrogen) atoms. The molecule has 1 fully saturated rings. The maximum atomic E-state index is 13.4. The molecule has 1 atom stereocenters. The van der Waals surface area contributed by atoms with E-state index in [2.05, 4.69) is 9.97 Å². The molecule has 6 rings (SSSR count). The molecule has 0 spiro atoms. The summed E-state index contributed by atoms with van der Waals surface area (Å²) in [6.45, 7) is 2.68. The third-order valence-corrected chi connectivity index (χ3v) is 7.52. The van der Waals surface area contributed by atoms with E-state index in [1.807, 2.05) is 13.0 Å². The third-order valence-electron chi connectivity index (χ3n) is 6.09. The first-order valence-corrected chi connectivity index (χ1v) is 12.3. The largest absolute Gasteiger partial charge is 0.507 e. The van der Waals surface area contributed by atoms with Gasteiger partial charge in [0.05, 0.1) is 21.5 Å². The Hall–Kier alpha value is -3.95. The summed E-state index contributed by atoms with van der Waals surface area (Å²) < 4.78 is 12.0. The molecule has 1 saturated heterocycles. The van der Waals surface area contributed by atoms with Crippen LogP contribution in [0, 0.1) is 6.92 Å². The van der Waals surface area contributed by atoms with Gasteiger partial charge in [0.15, 0.2) is 16.6 Å². The molecular formula is C26H18ClN3O5S. The van der Waals surface area contributed by atoms with Crippen molar-refractivity contribution in [3.63, 3.8) is 0 Å². The Morgan fingerprint density at radius 1 is 1.11 bits per heavy atom. The van der Waals surface area contributed by atoms with Crippen LogP contribution in [0.15, 0.2) is 60.3 Å². The maximum absolute atomic E-state index is 13.4. The van der Waals surface area contributed by atoms with Crippen molar-refractivity contribution in [1.82, 2.24) is 9.97 Å². The fourth-order valence-corrected chi connectivity index (χ4v) is 5.56. The molecule has 4 aromatic rings. The van der Waals surface area contributed by atoms with Gasteiger partial charge in [-0.2, -0.15) is 0 Å². The number of aromatic nitrogens is 2. The van der Waals surface area contributed by atoms with Crippen LogP contribution in [0.1, 0.15) is 22.9 Å². The summed E-state index contributed by atoms with van der Waals surface area (Å²) >= 11 is 7.54. The Balaban J connectivity index is 1.53. The number of Topliss-reactive ketones (excluding diaryl/α,β-unsaturated/α-hetero) is 1. The number of anilines is 1. The third kappa shape index (κ3) is 3.59. The van der Waals surface area contributed by atoms with Gasteiger partial charge in [0.25, 0.3) is 5.78 Å².